The first kappa shape index (κ1) is 19.0. The fourth-order valence-electron chi connectivity index (χ4n) is 5.10. The zero-order valence-corrected chi connectivity index (χ0v) is 18.5. The van der Waals surface area contributed by atoms with Crippen molar-refractivity contribution >= 4 is 43.9 Å². The van der Waals surface area contributed by atoms with Gasteiger partial charge in [0, 0.05) is 32.7 Å². The predicted octanol–water partition coefficient (Wildman–Crippen LogP) is 8.83. The van der Waals surface area contributed by atoms with Crippen molar-refractivity contribution in [1.29, 1.82) is 0 Å². The summed E-state index contributed by atoms with van der Waals surface area (Å²) in [5, 5.41) is 4.29. The van der Waals surface area contributed by atoms with Gasteiger partial charge in [-0.3, -0.25) is 0 Å². The molecule has 0 fully saturated rings. The number of hydrogen-bond donors (Lipinski definition) is 0. The predicted molar refractivity (Wildman–Crippen MR) is 138 cm³/mol. The van der Waals surface area contributed by atoms with Crippen molar-refractivity contribution in [3.05, 3.63) is 103 Å². The van der Waals surface area contributed by atoms with Gasteiger partial charge in [-0.25, -0.2) is 0 Å². The Morgan fingerprint density at radius 2 is 1.24 bits per heavy atom. The van der Waals surface area contributed by atoms with E-state index < -0.39 is 0 Å². The molecule has 0 bridgehead atoms. The highest BCUT2D eigenvalue weighted by Gasteiger charge is 2.22. The molecule has 3 heteroatoms. The summed E-state index contributed by atoms with van der Waals surface area (Å²) in [6.45, 7) is 0. The molecule has 0 amide bonds. The quantitative estimate of drug-likeness (QED) is 0.275. The van der Waals surface area contributed by atoms with Crippen LogP contribution in [0.5, 0.6) is 5.75 Å². The van der Waals surface area contributed by atoms with Crippen molar-refractivity contribution in [2.24, 2.45) is 0 Å². The maximum Gasteiger partial charge on any atom is 0.147 e. The lowest BCUT2D eigenvalue weighted by molar-refractivity contribution is 0.416. The van der Waals surface area contributed by atoms with Gasteiger partial charge in [-0.05, 0) is 29.8 Å². The standard InChI is InChI=1S/C31H20O3/c1-32-26-18-17-22-21-11-5-6-15-25(21)33-31(22)29(26)23-13-8-16-27-28(23)24-14-7-12-20(30(24)34-27)19-9-3-2-4-10-19/h2-18H,1H3. The normalized spacial score (nSPS) is 11.7. The number of benzene rings is 5. The van der Waals surface area contributed by atoms with E-state index in [1.54, 1.807) is 7.11 Å². The number of methoxy groups -OCH3 is 1. The van der Waals surface area contributed by atoms with Gasteiger partial charge < -0.3 is 13.6 Å². The molecule has 0 aliphatic carbocycles. The first-order valence-electron chi connectivity index (χ1n) is 11.3. The van der Waals surface area contributed by atoms with Crippen LogP contribution in [0.3, 0.4) is 0 Å². The Labute approximate surface area is 195 Å². The van der Waals surface area contributed by atoms with E-state index in [4.69, 9.17) is 13.6 Å². The van der Waals surface area contributed by atoms with Gasteiger partial charge in [0.2, 0.25) is 0 Å². The van der Waals surface area contributed by atoms with Gasteiger partial charge in [0.05, 0.1) is 12.7 Å². The van der Waals surface area contributed by atoms with Crippen LogP contribution in [-0.2, 0) is 0 Å². The number of rotatable bonds is 3. The molecule has 0 saturated heterocycles. The molecule has 0 radical (unpaired) electrons. The molecule has 7 rings (SSSR count). The van der Waals surface area contributed by atoms with E-state index in [2.05, 4.69) is 60.7 Å². The molecule has 0 aliphatic rings. The molecule has 2 aromatic heterocycles. The van der Waals surface area contributed by atoms with Gasteiger partial charge in [-0.2, -0.15) is 0 Å². The zero-order valence-electron chi connectivity index (χ0n) is 18.5. The van der Waals surface area contributed by atoms with Crippen molar-refractivity contribution < 1.29 is 13.6 Å². The summed E-state index contributed by atoms with van der Waals surface area (Å²) in [4.78, 5) is 0. The summed E-state index contributed by atoms with van der Waals surface area (Å²) in [5.74, 6) is 0.771. The third-order valence-corrected chi connectivity index (χ3v) is 6.61. The molecule has 5 aromatic carbocycles. The van der Waals surface area contributed by atoms with Crippen molar-refractivity contribution in [1.82, 2.24) is 0 Å². The monoisotopic (exact) mass is 440 g/mol. The number of ether oxygens (including phenoxy) is 1. The Morgan fingerprint density at radius 1 is 0.529 bits per heavy atom. The number of furan rings is 2. The average Bonchev–Trinajstić information content (AvgIpc) is 3.47. The molecule has 0 N–H and O–H groups in total. The van der Waals surface area contributed by atoms with Crippen LogP contribution in [0, 0.1) is 0 Å². The zero-order chi connectivity index (χ0) is 22.6. The van der Waals surface area contributed by atoms with Gasteiger partial charge in [-0.15, -0.1) is 0 Å². The number of para-hydroxylation sites is 2. The van der Waals surface area contributed by atoms with Crippen LogP contribution in [0.15, 0.2) is 112 Å². The molecule has 0 unspecified atom stereocenters. The smallest absolute Gasteiger partial charge is 0.147 e. The van der Waals surface area contributed by atoms with Gasteiger partial charge >= 0.3 is 0 Å². The third-order valence-electron chi connectivity index (χ3n) is 6.61. The van der Waals surface area contributed by atoms with E-state index >= 15 is 0 Å². The molecule has 7 aromatic rings. The highest BCUT2D eigenvalue weighted by Crippen LogP contribution is 2.46. The highest BCUT2D eigenvalue weighted by atomic mass is 16.5. The van der Waals surface area contributed by atoms with E-state index in [1.807, 2.05) is 42.5 Å². The van der Waals surface area contributed by atoms with E-state index in [1.165, 1.54) is 0 Å². The van der Waals surface area contributed by atoms with Crippen LogP contribution in [0.2, 0.25) is 0 Å². The minimum atomic E-state index is 0.771. The van der Waals surface area contributed by atoms with Crippen LogP contribution in [0.4, 0.5) is 0 Å². The summed E-state index contributed by atoms with van der Waals surface area (Å²) in [5.41, 5.74) is 7.58. The number of fused-ring (bicyclic) bond motifs is 6. The van der Waals surface area contributed by atoms with Crippen molar-refractivity contribution in [2.45, 2.75) is 0 Å². The van der Waals surface area contributed by atoms with Crippen LogP contribution < -0.4 is 4.74 Å². The molecule has 162 valence electrons. The molecular formula is C31H20O3. The minimum Gasteiger partial charge on any atom is -0.496 e. The van der Waals surface area contributed by atoms with Gasteiger partial charge in [-0.1, -0.05) is 78.9 Å². The molecule has 0 aliphatic heterocycles. The lowest BCUT2D eigenvalue weighted by atomic mass is 9.95. The second-order valence-electron chi connectivity index (χ2n) is 8.45. The van der Waals surface area contributed by atoms with Gasteiger partial charge in [0.25, 0.3) is 0 Å². The van der Waals surface area contributed by atoms with E-state index in [0.717, 1.165) is 71.9 Å². The first-order valence-corrected chi connectivity index (χ1v) is 11.3. The molecule has 0 atom stereocenters. The summed E-state index contributed by atoms with van der Waals surface area (Å²) in [7, 11) is 1.70. The Kier molecular flexibility index (Phi) is 4.06. The van der Waals surface area contributed by atoms with Crippen LogP contribution in [0.25, 0.3) is 66.1 Å². The van der Waals surface area contributed by atoms with Gasteiger partial charge in [0.15, 0.2) is 0 Å². The SMILES string of the molecule is COc1ccc2c(oc3ccccc32)c1-c1cccc2oc3c(-c4ccccc4)cccc3c12. The van der Waals surface area contributed by atoms with Crippen molar-refractivity contribution in [2.75, 3.05) is 7.11 Å². The van der Waals surface area contributed by atoms with Gasteiger partial charge in [0.1, 0.15) is 28.1 Å². The highest BCUT2D eigenvalue weighted by molar-refractivity contribution is 6.19. The van der Waals surface area contributed by atoms with Crippen LogP contribution in [0.1, 0.15) is 0 Å². The molecule has 34 heavy (non-hydrogen) atoms. The second kappa shape index (κ2) is 7.26. The third kappa shape index (κ3) is 2.64. The fourth-order valence-corrected chi connectivity index (χ4v) is 5.10. The molecule has 3 nitrogen and oxygen atoms in total. The Hall–Kier alpha value is -4.50. The van der Waals surface area contributed by atoms with Crippen molar-refractivity contribution in [3.63, 3.8) is 0 Å². The maximum atomic E-state index is 6.47. The summed E-state index contributed by atoms with van der Waals surface area (Å²) in [6, 6.07) is 35.1. The maximum absolute atomic E-state index is 6.47. The largest absolute Gasteiger partial charge is 0.496 e. The topological polar surface area (TPSA) is 35.5 Å². The first-order chi connectivity index (χ1) is 16.8. The van der Waals surface area contributed by atoms with E-state index in [-0.39, 0.29) is 0 Å². The summed E-state index contributed by atoms with van der Waals surface area (Å²) < 4.78 is 18.7. The molecule has 2 heterocycles. The van der Waals surface area contributed by atoms with Crippen LogP contribution in [-0.4, -0.2) is 7.11 Å². The summed E-state index contributed by atoms with van der Waals surface area (Å²) >= 11 is 0. The Bertz CT molecular complexity index is 1840. The Balaban J connectivity index is 1.61. The molecular weight excluding hydrogens is 420 g/mol. The van der Waals surface area contributed by atoms with E-state index in [0.29, 0.717) is 0 Å². The molecule has 0 saturated carbocycles. The fraction of sp³-hybridized carbons (Fsp3) is 0.0323. The summed E-state index contributed by atoms with van der Waals surface area (Å²) in [6.07, 6.45) is 0. The number of hydrogen-bond acceptors (Lipinski definition) is 3. The van der Waals surface area contributed by atoms with E-state index in [9.17, 15) is 0 Å². The minimum absolute atomic E-state index is 0.771. The molecule has 0 spiro atoms. The van der Waals surface area contributed by atoms with Crippen LogP contribution >= 0.6 is 0 Å². The average molecular weight is 440 g/mol. The lowest BCUT2D eigenvalue weighted by Gasteiger charge is -2.10. The lowest BCUT2D eigenvalue weighted by Crippen LogP contribution is -1.89. The Morgan fingerprint density at radius 3 is 2.12 bits per heavy atom. The van der Waals surface area contributed by atoms with Crippen molar-refractivity contribution in [3.8, 4) is 28.0 Å². The second-order valence-corrected chi connectivity index (χ2v) is 8.45.